The minimum Gasteiger partial charge on any atom is -0.308 e. The van der Waals surface area contributed by atoms with Gasteiger partial charge in [-0.25, -0.2) is 0 Å². The van der Waals surface area contributed by atoms with Gasteiger partial charge in [0.05, 0.1) is 24.0 Å². The van der Waals surface area contributed by atoms with E-state index in [2.05, 4.69) is 15.9 Å². The lowest BCUT2D eigenvalue weighted by atomic mass is 10.4. The molecule has 1 aromatic rings. The summed E-state index contributed by atoms with van der Waals surface area (Å²) in [5.74, 6) is 0. The lowest BCUT2D eigenvalue weighted by Crippen LogP contribution is -2.05. The van der Waals surface area contributed by atoms with Gasteiger partial charge in [-0.15, -0.1) is 0 Å². The van der Waals surface area contributed by atoms with Gasteiger partial charge in [-0.2, -0.15) is 0 Å². The van der Waals surface area contributed by atoms with Gasteiger partial charge in [0.15, 0.2) is 0 Å². The summed E-state index contributed by atoms with van der Waals surface area (Å²) in [6.45, 7) is 4.01. The van der Waals surface area contributed by atoms with Gasteiger partial charge in [0.25, 0.3) is 0 Å². The highest BCUT2D eigenvalue weighted by Gasteiger charge is 2.27. The second-order valence-electron chi connectivity index (χ2n) is 3.37. The maximum absolute atomic E-state index is 12.2. The molecule has 0 unspecified atom stereocenters. The molecular weight excluding hydrogens is 339 g/mol. The van der Waals surface area contributed by atoms with Gasteiger partial charge in [-0.05, 0) is 38.1 Å². The summed E-state index contributed by atoms with van der Waals surface area (Å²) in [6, 6.07) is 7.03. The molecule has 0 spiro atoms. The zero-order valence-electron chi connectivity index (χ0n) is 10.3. The number of hydrogen-bond donors (Lipinski definition) is 0. The second-order valence-corrected chi connectivity index (χ2v) is 8.22. The molecule has 1 aromatic carbocycles. The summed E-state index contributed by atoms with van der Waals surface area (Å²) in [5, 5.41) is 0. The second kappa shape index (κ2) is 7.56. The van der Waals surface area contributed by atoms with Gasteiger partial charge in [-0.3, -0.25) is 8.77 Å². The fourth-order valence-corrected chi connectivity index (χ4v) is 5.22. The van der Waals surface area contributed by atoms with Crippen molar-refractivity contribution < 1.29 is 17.8 Å². The molecule has 0 N–H and O–H groups in total. The first-order chi connectivity index (χ1) is 8.50. The Kier molecular flexibility index (Phi) is 6.74. The quantitative estimate of drug-likeness (QED) is 0.699. The van der Waals surface area contributed by atoms with Crippen molar-refractivity contribution in [2.45, 2.75) is 18.7 Å². The predicted molar refractivity (Wildman–Crippen MR) is 76.3 cm³/mol. The Hall–Kier alpha value is -0.0000000000000000208. The van der Waals surface area contributed by atoms with E-state index in [9.17, 15) is 8.77 Å². The highest BCUT2D eigenvalue weighted by atomic mass is 79.9. The molecule has 0 saturated heterocycles. The number of halogens is 1. The van der Waals surface area contributed by atoms with Crippen molar-refractivity contribution >= 4 is 34.3 Å². The monoisotopic (exact) mass is 354 g/mol. The van der Waals surface area contributed by atoms with Crippen LogP contribution in [0.2, 0.25) is 0 Å². The van der Waals surface area contributed by atoms with Crippen molar-refractivity contribution in [2.24, 2.45) is 0 Å². The van der Waals surface area contributed by atoms with Crippen LogP contribution in [0.5, 0.6) is 0 Å². The maximum Gasteiger partial charge on any atom is 0.343 e. The van der Waals surface area contributed by atoms with Crippen LogP contribution < -0.4 is 0 Å². The normalized spacial score (nSPS) is 13.5. The maximum atomic E-state index is 12.2. The molecule has 0 bridgehead atoms. The molecule has 0 fully saturated rings. The highest BCUT2D eigenvalue weighted by Crippen LogP contribution is 2.49. The van der Waals surface area contributed by atoms with Crippen LogP contribution in [-0.2, 0) is 24.4 Å². The Bertz CT molecular complexity index is 439. The first-order valence-electron chi connectivity index (χ1n) is 5.53. The fraction of sp³-hybridized carbons (Fsp3) is 0.455. The van der Waals surface area contributed by atoms with Crippen LogP contribution in [0.1, 0.15) is 13.8 Å². The third kappa shape index (κ3) is 4.94. The Morgan fingerprint density at radius 2 is 1.67 bits per heavy atom. The minimum atomic E-state index is -3.26. The topological polar surface area (TPSA) is 52.6 Å². The molecule has 18 heavy (non-hydrogen) atoms. The third-order valence-corrected chi connectivity index (χ3v) is 6.84. The summed E-state index contributed by atoms with van der Waals surface area (Å²) in [6.07, 6.45) is 0. The molecule has 0 aliphatic heterocycles. The molecule has 0 amide bonds. The number of benzene rings is 1. The Balaban J connectivity index is 2.78. The van der Waals surface area contributed by atoms with E-state index in [-0.39, 0.29) is 18.7 Å². The van der Waals surface area contributed by atoms with E-state index >= 15 is 0 Å². The molecule has 4 nitrogen and oxygen atoms in total. The van der Waals surface area contributed by atoms with E-state index in [1.807, 2.05) is 0 Å². The van der Waals surface area contributed by atoms with Gasteiger partial charge in [0.1, 0.15) is 5.49 Å². The molecule has 0 aliphatic rings. The van der Waals surface area contributed by atoms with Crippen LogP contribution in [0.15, 0.2) is 33.6 Å². The van der Waals surface area contributed by atoms with E-state index in [0.717, 1.165) is 4.47 Å². The van der Waals surface area contributed by atoms with Crippen molar-refractivity contribution in [1.29, 1.82) is 0 Å². The lowest BCUT2D eigenvalue weighted by molar-refractivity contribution is 0.224. The molecule has 1 atom stereocenters. The van der Waals surface area contributed by atoms with Crippen LogP contribution in [0, 0.1) is 0 Å². The summed E-state index contributed by atoms with van der Waals surface area (Å²) in [7, 11) is -4.66. The summed E-state index contributed by atoms with van der Waals surface area (Å²) in [4.78, 5) is 0.609. The van der Waals surface area contributed by atoms with Gasteiger partial charge < -0.3 is 9.05 Å². The van der Waals surface area contributed by atoms with E-state index in [1.54, 1.807) is 38.1 Å². The smallest absolute Gasteiger partial charge is 0.308 e. The largest absolute Gasteiger partial charge is 0.343 e. The van der Waals surface area contributed by atoms with Crippen molar-refractivity contribution in [1.82, 2.24) is 0 Å². The standard InChI is InChI=1S/C11H16BrO4PS/c1-3-15-17(13,16-4-2)9-18(14)11-7-5-10(12)6-8-11/h5-8H,3-4,9H2,1-2H3/t18-/m1/s1. The lowest BCUT2D eigenvalue weighted by Gasteiger charge is -2.16. The van der Waals surface area contributed by atoms with Crippen LogP contribution in [0.4, 0.5) is 0 Å². The van der Waals surface area contributed by atoms with E-state index in [4.69, 9.17) is 9.05 Å². The molecule has 0 aromatic heterocycles. The van der Waals surface area contributed by atoms with E-state index in [1.165, 1.54) is 0 Å². The van der Waals surface area contributed by atoms with Gasteiger partial charge >= 0.3 is 7.60 Å². The summed E-state index contributed by atoms with van der Waals surface area (Å²) in [5.41, 5.74) is -0.115. The van der Waals surface area contributed by atoms with Gasteiger partial charge in [0, 0.05) is 9.37 Å². The SMILES string of the molecule is CCOP(=O)(C[S@@](=O)c1ccc(Br)cc1)OCC. The predicted octanol–water partition coefficient (Wildman–Crippen LogP) is 3.78. The van der Waals surface area contributed by atoms with Gasteiger partial charge in [-0.1, -0.05) is 15.9 Å². The Morgan fingerprint density at radius 3 is 2.11 bits per heavy atom. The van der Waals surface area contributed by atoms with Crippen LogP contribution in [0.25, 0.3) is 0 Å². The molecule has 0 radical (unpaired) electrons. The first-order valence-corrected chi connectivity index (χ1v) is 9.37. The molecule has 102 valence electrons. The summed E-state index contributed by atoms with van der Waals surface area (Å²) < 4.78 is 35.4. The minimum absolute atomic E-state index is 0.115. The van der Waals surface area contributed by atoms with Gasteiger partial charge in [0.2, 0.25) is 0 Å². The van der Waals surface area contributed by atoms with Crippen LogP contribution in [-0.4, -0.2) is 22.9 Å². The molecule has 0 heterocycles. The van der Waals surface area contributed by atoms with Crippen LogP contribution in [0.3, 0.4) is 0 Å². The number of hydrogen-bond acceptors (Lipinski definition) is 4. The van der Waals surface area contributed by atoms with E-state index in [0.29, 0.717) is 4.90 Å². The summed E-state index contributed by atoms with van der Waals surface area (Å²) >= 11 is 3.30. The zero-order chi connectivity index (χ0) is 13.6. The Morgan fingerprint density at radius 1 is 1.17 bits per heavy atom. The zero-order valence-corrected chi connectivity index (χ0v) is 13.6. The molecular formula is C11H16BrO4PS. The average molecular weight is 355 g/mol. The van der Waals surface area contributed by atoms with Crippen molar-refractivity contribution in [3.05, 3.63) is 28.7 Å². The van der Waals surface area contributed by atoms with E-state index < -0.39 is 18.4 Å². The highest BCUT2D eigenvalue weighted by molar-refractivity contribution is 9.10. The molecule has 7 heteroatoms. The van der Waals surface area contributed by atoms with Crippen LogP contribution >= 0.6 is 23.5 Å². The first kappa shape index (κ1) is 16.1. The van der Waals surface area contributed by atoms with Crippen molar-refractivity contribution in [3.63, 3.8) is 0 Å². The molecule has 0 saturated carbocycles. The fourth-order valence-electron chi connectivity index (χ4n) is 1.31. The van der Waals surface area contributed by atoms with Crippen molar-refractivity contribution in [2.75, 3.05) is 18.7 Å². The third-order valence-electron chi connectivity index (χ3n) is 2.00. The molecule has 0 aliphatic carbocycles. The average Bonchev–Trinajstić information content (AvgIpc) is 2.30. The molecule has 1 rings (SSSR count). The number of rotatable bonds is 7. The van der Waals surface area contributed by atoms with Crippen molar-refractivity contribution in [3.8, 4) is 0 Å². The Labute approximate surface area is 118 Å².